The van der Waals surface area contributed by atoms with E-state index < -0.39 is 0 Å². The molecule has 2 atom stereocenters. The molecule has 2 unspecified atom stereocenters. The average Bonchev–Trinajstić information content (AvgIpc) is 3.08. The molecular formula is C16H26N2O2. The van der Waals surface area contributed by atoms with E-state index in [1.165, 1.54) is 0 Å². The Morgan fingerprint density at radius 3 is 3.05 bits per heavy atom. The van der Waals surface area contributed by atoms with Crippen molar-refractivity contribution in [2.45, 2.75) is 52.0 Å². The number of rotatable bonds is 7. The molecule has 20 heavy (non-hydrogen) atoms. The van der Waals surface area contributed by atoms with Gasteiger partial charge in [0.1, 0.15) is 5.76 Å². The molecule has 0 radical (unpaired) electrons. The average molecular weight is 278 g/mol. The Labute approximate surface area is 121 Å². The zero-order chi connectivity index (χ0) is 14.4. The molecule has 2 N–H and O–H groups in total. The van der Waals surface area contributed by atoms with Gasteiger partial charge in [-0.25, -0.2) is 0 Å². The molecule has 0 bridgehead atoms. The van der Waals surface area contributed by atoms with Crippen molar-refractivity contribution in [1.82, 2.24) is 10.6 Å². The molecule has 1 aliphatic rings. The Bertz CT molecular complexity index is 408. The number of hydrogen-bond acceptors (Lipinski definition) is 3. The minimum atomic E-state index is -0.187. The fraction of sp³-hybridized carbons (Fsp3) is 0.688. The molecule has 1 aliphatic heterocycles. The third-order valence-electron chi connectivity index (χ3n) is 4.24. The molecule has 1 amide bonds. The van der Waals surface area contributed by atoms with Gasteiger partial charge in [0.25, 0.3) is 0 Å². The van der Waals surface area contributed by atoms with Crippen LogP contribution < -0.4 is 10.6 Å². The molecule has 2 rings (SSSR count). The van der Waals surface area contributed by atoms with Crippen molar-refractivity contribution < 1.29 is 9.21 Å². The largest absolute Gasteiger partial charge is 0.469 e. The maximum Gasteiger partial charge on any atom is 0.227 e. The maximum atomic E-state index is 12.6. The quantitative estimate of drug-likeness (QED) is 0.805. The number of carbonyl (C=O) groups is 1. The van der Waals surface area contributed by atoms with Crippen LogP contribution in [0.1, 0.15) is 45.3 Å². The van der Waals surface area contributed by atoms with Crippen LogP contribution in [-0.2, 0) is 11.2 Å². The Kier molecular flexibility index (Phi) is 5.24. The summed E-state index contributed by atoms with van der Waals surface area (Å²) in [4.78, 5) is 12.6. The van der Waals surface area contributed by atoms with Crippen molar-refractivity contribution >= 4 is 5.91 Å². The minimum Gasteiger partial charge on any atom is -0.469 e. The van der Waals surface area contributed by atoms with Crippen LogP contribution in [0.3, 0.4) is 0 Å². The van der Waals surface area contributed by atoms with E-state index in [2.05, 4.69) is 24.5 Å². The Hall–Kier alpha value is -1.29. The summed E-state index contributed by atoms with van der Waals surface area (Å²) >= 11 is 0. The van der Waals surface area contributed by atoms with E-state index in [1.54, 1.807) is 6.26 Å². The lowest BCUT2D eigenvalue weighted by Crippen LogP contribution is -2.46. The normalized spacial score (nSPS) is 23.7. The number of aryl methyl sites for hydroxylation is 1. The molecule has 0 spiro atoms. The Morgan fingerprint density at radius 2 is 2.45 bits per heavy atom. The zero-order valence-electron chi connectivity index (χ0n) is 12.6. The van der Waals surface area contributed by atoms with Crippen LogP contribution in [0.4, 0.5) is 0 Å². The van der Waals surface area contributed by atoms with E-state index in [0.29, 0.717) is 0 Å². The number of nitrogens with one attached hydrogen (secondary N) is 2. The van der Waals surface area contributed by atoms with Crippen LogP contribution in [-0.4, -0.2) is 25.0 Å². The molecule has 4 nitrogen and oxygen atoms in total. The van der Waals surface area contributed by atoms with Gasteiger partial charge in [-0.2, -0.15) is 0 Å². The SMILES string of the molecule is CCCC1(C(=O)NC(C)CCc2ccco2)CCNC1. The molecule has 0 aromatic carbocycles. The summed E-state index contributed by atoms with van der Waals surface area (Å²) in [6.45, 7) is 5.99. The van der Waals surface area contributed by atoms with Gasteiger partial charge in [0.05, 0.1) is 11.7 Å². The van der Waals surface area contributed by atoms with E-state index in [0.717, 1.165) is 51.0 Å². The molecule has 4 heteroatoms. The van der Waals surface area contributed by atoms with Gasteiger partial charge in [-0.05, 0) is 44.9 Å². The first-order valence-corrected chi connectivity index (χ1v) is 7.70. The third kappa shape index (κ3) is 3.63. The fourth-order valence-electron chi connectivity index (χ4n) is 3.01. The van der Waals surface area contributed by atoms with Crippen LogP contribution >= 0.6 is 0 Å². The molecule has 2 heterocycles. The first-order chi connectivity index (χ1) is 9.66. The van der Waals surface area contributed by atoms with Crippen LogP contribution in [0.5, 0.6) is 0 Å². The molecule has 1 aromatic rings. The number of hydrogen-bond donors (Lipinski definition) is 2. The van der Waals surface area contributed by atoms with E-state index in [9.17, 15) is 4.79 Å². The summed E-state index contributed by atoms with van der Waals surface area (Å²) in [5.74, 6) is 1.20. The molecule has 1 saturated heterocycles. The van der Waals surface area contributed by atoms with Gasteiger partial charge in [0.15, 0.2) is 0 Å². The van der Waals surface area contributed by atoms with Crippen molar-refractivity contribution in [1.29, 1.82) is 0 Å². The van der Waals surface area contributed by atoms with Crippen molar-refractivity contribution in [3.63, 3.8) is 0 Å². The number of amides is 1. The lowest BCUT2D eigenvalue weighted by Gasteiger charge is -2.28. The van der Waals surface area contributed by atoms with Crippen LogP contribution in [0.2, 0.25) is 0 Å². The van der Waals surface area contributed by atoms with Crippen LogP contribution in [0, 0.1) is 5.41 Å². The zero-order valence-corrected chi connectivity index (χ0v) is 12.6. The molecule has 1 fully saturated rings. The van der Waals surface area contributed by atoms with Gasteiger partial charge < -0.3 is 15.1 Å². The van der Waals surface area contributed by atoms with Crippen molar-refractivity contribution in [3.8, 4) is 0 Å². The summed E-state index contributed by atoms with van der Waals surface area (Å²) in [6, 6.07) is 4.06. The maximum absolute atomic E-state index is 12.6. The minimum absolute atomic E-state index is 0.182. The van der Waals surface area contributed by atoms with Gasteiger partial charge in [-0.3, -0.25) is 4.79 Å². The van der Waals surface area contributed by atoms with E-state index in [1.807, 2.05) is 12.1 Å². The predicted molar refractivity (Wildman–Crippen MR) is 79.5 cm³/mol. The Balaban J connectivity index is 1.83. The summed E-state index contributed by atoms with van der Waals surface area (Å²) in [6.07, 6.45) is 6.45. The topological polar surface area (TPSA) is 54.3 Å². The second-order valence-corrected chi connectivity index (χ2v) is 5.95. The van der Waals surface area contributed by atoms with Gasteiger partial charge in [0, 0.05) is 19.0 Å². The first-order valence-electron chi connectivity index (χ1n) is 7.70. The molecule has 0 saturated carbocycles. The third-order valence-corrected chi connectivity index (χ3v) is 4.24. The lowest BCUT2D eigenvalue weighted by molar-refractivity contribution is -0.131. The second-order valence-electron chi connectivity index (χ2n) is 5.95. The van der Waals surface area contributed by atoms with Crippen molar-refractivity contribution in [2.75, 3.05) is 13.1 Å². The summed E-state index contributed by atoms with van der Waals surface area (Å²) in [7, 11) is 0. The molecule has 1 aromatic heterocycles. The van der Waals surface area contributed by atoms with Crippen molar-refractivity contribution in [2.24, 2.45) is 5.41 Å². The van der Waals surface area contributed by atoms with Gasteiger partial charge >= 0.3 is 0 Å². The van der Waals surface area contributed by atoms with Crippen LogP contribution in [0.25, 0.3) is 0 Å². The molecule has 112 valence electrons. The predicted octanol–water partition coefficient (Wildman–Crippen LogP) is 2.50. The Morgan fingerprint density at radius 1 is 1.60 bits per heavy atom. The standard InChI is InChI=1S/C16H26N2O2/c1-3-8-16(9-10-17-12-16)15(19)18-13(2)6-7-14-5-4-11-20-14/h4-5,11,13,17H,3,6-10,12H2,1-2H3,(H,18,19). The van der Waals surface area contributed by atoms with Crippen LogP contribution in [0.15, 0.2) is 22.8 Å². The molecule has 0 aliphatic carbocycles. The van der Waals surface area contributed by atoms with Crippen molar-refractivity contribution in [3.05, 3.63) is 24.2 Å². The molecular weight excluding hydrogens is 252 g/mol. The number of furan rings is 1. The highest BCUT2D eigenvalue weighted by Crippen LogP contribution is 2.31. The van der Waals surface area contributed by atoms with Gasteiger partial charge in [-0.15, -0.1) is 0 Å². The highest BCUT2D eigenvalue weighted by Gasteiger charge is 2.40. The lowest BCUT2D eigenvalue weighted by atomic mass is 9.81. The number of carbonyl (C=O) groups excluding carboxylic acids is 1. The summed E-state index contributed by atoms with van der Waals surface area (Å²) in [5, 5.41) is 6.52. The van der Waals surface area contributed by atoms with E-state index in [4.69, 9.17) is 4.42 Å². The monoisotopic (exact) mass is 278 g/mol. The van der Waals surface area contributed by atoms with E-state index >= 15 is 0 Å². The highest BCUT2D eigenvalue weighted by atomic mass is 16.3. The summed E-state index contributed by atoms with van der Waals surface area (Å²) in [5.41, 5.74) is -0.187. The first kappa shape index (κ1) is 15.1. The highest BCUT2D eigenvalue weighted by molar-refractivity contribution is 5.83. The van der Waals surface area contributed by atoms with E-state index in [-0.39, 0.29) is 17.4 Å². The van der Waals surface area contributed by atoms with Gasteiger partial charge in [0.2, 0.25) is 5.91 Å². The second kappa shape index (κ2) is 6.93. The fourth-order valence-corrected chi connectivity index (χ4v) is 3.01. The van der Waals surface area contributed by atoms with Gasteiger partial charge in [-0.1, -0.05) is 13.3 Å². The smallest absolute Gasteiger partial charge is 0.227 e. The summed E-state index contributed by atoms with van der Waals surface area (Å²) < 4.78 is 5.32.